The molecule has 0 aliphatic carbocycles. The quantitative estimate of drug-likeness (QED) is 0.744. The number of benzene rings is 1. The van der Waals surface area contributed by atoms with Crippen molar-refractivity contribution in [2.75, 3.05) is 26.3 Å². The number of nitrogens with one attached hydrogen (secondary N) is 2. The van der Waals surface area contributed by atoms with E-state index in [1.54, 1.807) is 0 Å². The Balaban J connectivity index is 1.70. The number of fused-ring (bicyclic) bond motifs is 2. The summed E-state index contributed by atoms with van der Waals surface area (Å²) >= 11 is 0. The smallest absolute Gasteiger partial charge is 0.258 e. The summed E-state index contributed by atoms with van der Waals surface area (Å²) in [7, 11) is 0. The molecule has 21 heavy (non-hydrogen) atoms. The molecule has 1 saturated heterocycles. The zero-order chi connectivity index (χ0) is 14.5. The second-order valence-corrected chi connectivity index (χ2v) is 5.60. The van der Waals surface area contributed by atoms with E-state index in [4.69, 9.17) is 9.47 Å². The predicted molar refractivity (Wildman–Crippen MR) is 79.4 cm³/mol. The number of ether oxygens (including phenoxy) is 2. The van der Waals surface area contributed by atoms with E-state index >= 15 is 0 Å². The monoisotopic (exact) mass is 290 g/mol. The minimum atomic E-state index is -0.0913. The average molecular weight is 290 g/mol. The van der Waals surface area contributed by atoms with Crippen LogP contribution in [-0.4, -0.2) is 44.4 Å². The summed E-state index contributed by atoms with van der Waals surface area (Å²) < 4.78 is 11.6. The van der Waals surface area contributed by atoms with Gasteiger partial charge in [0.05, 0.1) is 12.1 Å². The normalized spacial score (nSPS) is 27.1. The topological polar surface area (TPSA) is 59.6 Å². The van der Waals surface area contributed by atoms with Gasteiger partial charge in [0, 0.05) is 19.7 Å². The van der Waals surface area contributed by atoms with E-state index in [-0.39, 0.29) is 24.7 Å². The van der Waals surface area contributed by atoms with Crippen molar-refractivity contribution in [2.45, 2.75) is 31.4 Å². The van der Waals surface area contributed by atoms with Crippen molar-refractivity contribution in [3.63, 3.8) is 0 Å². The fraction of sp³-hybridized carbons (Fsp3) is 0.562. The van der Waals surface area contributed by atoms with Crippen molar-refractivity contribution in [1.82, 2.24) is 10.6 Å². The maximum absolute atomic E-state index is 12.0. The number of amides is 1. The van der Waals surface area contributed by atoms with Crippen molar-refractivity contribution in [1.29, 1.82) is 0 Å². The highest BCUT2D eigenvalue weighted by Gasteiger charge is 2.29. The maximum Gasteiger partial charge on any atom is 0.258 e. The molecule has 2 heterocycles. The largest absolute Gasteiger partial charge is 0.483 e. The molecule has 1 fully saturated rings. The molecule has 1 amide bonds. The van der Waals surface area contributed by atoms with Crippen LogP contribution in [0, 0.1) is 0 Å². The summed E-state index contributed by atoms with van der Waals surface area (Å²) in [6, 6.07) is 7.98. The van der Waals surface area contributed by atoms with Crippen molar-refractivity contribution >= 4 is 5.91 Å². The minimum Gasteiger partial charge on any atom is -0.483 e. The average Bonchev–Trinajstić information content (AvgIpc) is 2.92. The highest BCUT2D eigenvalue weighted by atomic mass is 16.5. The van der Waals surface area contributed by atoms with Crippen LogP contribution in [0.2, 0.25) is 0 Å². The van der Waals surface area contributed by atoms with Crippen molar-refractivity contribution < 1.29 is 14.3 Å². The number of rotatable bonds is 0. The molecule has 2 N–H and O–H groups in total. The van der Waals surface area contributed by atoms with Gasteiger partial charge in [-0.05, 0) is 30.9 Å². The van der Waals surface area contributed by atoms with Gasteiger partial charge in [-0.1, -0.05) is 18.2 Å². The lowest BCUT2D eigenvalue weighted by Gasteiger charge is -2.20. The molecule has 2 aliphatic heterocycles. The van der Waals surface area contributed by atoms with E-state index in [0.717, 1.165) is 50.3 Å². The van der Waals surface area contributed by atoms with Crippen molar-refractivity contribution in [3.8, 4) is 5.75 Å². The Morgan fingerprint density at radius 3 is 3.00 bits per heavy atom. The molecule has 114 valence electrons. The third-order valence-electron chi connectivity index (χ3n) is 4.01. The molecular formula is C16H22N2O3. The van der Waals surface area contributed by atoms with Gasteiger partial charge < -0.3 is 20.1 Å². The summed E-state index contributed by atoms with van der Waals surface area (Å²) in [6.07, 6.45) is 3.10. The van der Waals surface area contributed by atoms with Crippen LogP contribution in [0.1, 0.15) is 18.4 Å². The second kappa shape index (κ2) is 6.91. The lowest BCUT2D eigenvalue weighted by Crippen LogP contribution is -2.45. The summed E-state index contributed by atoms with van der Waals surface area (Å²) in [5, 5.41) is 6.26. The van der Waals surface area contributed by atoms with Crippen LogP contribution in [0.25, 0.3) is 0 Å². The van der Waals surface area contributed by atoms with Gasteiger partial charge in [-0.25, -0.2) is 0 Å². The highest BCUT2D eigenvalue weighted by molar-refractivity contribution is 5.78. The molecule has 0 unspecified atom stereocenters. The van der Waals surface area contributed by atoms with E-state index in [2.05, 4.69) is 16.7 Å². The summed E-state index contributed by atoms with van der Waals surface area (Å²) in [5.74, 6) is 0.722. The first-order chi connectivity index (χ1) is 10.3. The molecule has 1 aromatic carbocycles. The van der Waals surface area contributed by atoms with Crippen LogP contribution in [0.3, 0.4) is 0 Å². The van der Waals surface area contributed by atoms with Crippen LogP contribution >= 0.6 is 0 Å². The molecule has 2 aliphatic rings. The van der Waals surface area contributed by atoms with E-state index in [0.29, 0.717) is 0 Å². The second-order valence-electron chi connectivity index (χ2n) is 5.60. The fourth-order valence-corrected chi connectivity index (χ4v) is 2.87. The molecule has 0 spiro atoms. The van der Waals surface area contributed by atoms with Gasteiger partial charge in [-0.15, -0.1) is 0 Å². The Morgan fingerprint density at radius 1 is 1.14 bits per heavy atom. The molecule has 0 saturated carbocycles. The number of hydrogen-bond donors (Lipinski definition) is 2. The van der Waals surface area contributed by atoms with E-state index in [1.807, 2.05) is 18.2 Å². The predicted octanol–water partition coefficient (Wildman–Crippen LogP) is 0.875. The third-order valence-corrected chi connectivity index (χ3v) is 4.01. The first kappa shape index (κ1) is 14.4. The van der Waals surface area contributed by atoms with E-state index in [9.17, 15) is 4.79 Å². The van der Waals surface area contributed by atoms with Crippen molar-refractivity contribution in [3.05, 3.63) is 29.8 Å². The van der Waals surface area contributed by atoms with Crippen molar-refractivity contribution in [2.24, 2.45) is 0 Å². The van der Waals surface area contributed by atoms with Gasteiger partial charge in [0.1, 0.15) is 5.75 Å². The molecule has 0 radical (unpaired) electrons. The SMILES string of the molecule is O=C1COc2ccccc2CCCCO[C@@H]2CNC[C@@H]2N1. The van der Waals surface area contributed by atoms with Gasteiger partial charge in [-0.2, -0.15) is 0 Å². The molecule has 0 aromatic heterocycles. The summed E-state index contributed by atoms with van der Waals surface area (Å²) in [6.45, 7) is 2.35. The molecule has 1 aromatic rings. The zero-order valence-corrected chi connectivity index (χ0v) is 12.1. The first-order valence-corrected chi connectivity index (χ1v) is 7.65. The zero-order valence-electron chi connectivity index (χ0n) is 12.1. The molecular weight excluding hydrogens is 268 g/mol. The van der Waals surface area contributed by atoms with Gasteiger partial charge in [0.15, 0.2) is 6.61 Å². The van der Waals surface area contributed by atoms with Crippen LogP contribution < -0.4 is 15.4 Å². The Morgan fingerprint density at radius 2 is 2.05 bits per heavy atom. The summed E-state index contributed by atoms with van der Waals surface area (Å²) in [5.41, 5.74) is 1.16. The first-order valence-electron chi connectivity index (χ1n) is 7.65. The summed E-state index contributed by atoms with van der Waals surface area (Å²) in [4.78, 5) is 12.0. The molecule has 0 bridgehead atoms. The number of para-hydroxylation sites is 1. The van der Waals surface area contributed by atoms with Crippen LogP contribution in [0.4, 0.5) is 0 Å². The number of aryl methyl sites for hydroxylation is 1. The molecule has 3 rings (SSSR count). The van der Waals surface area contributed by atoms with Crippen LogP contribution in [0.5, 0.6) is 5.75 Å². The minimum absolute atomic E-state index is 0.0390. The number of carbonyl (C=O) groups excluding carboxylic acids is 1. The fourth-order valence-electron chi connectivity index (χ4n) is 2.87. The molecule has 5 heteroatoms. The Labute approximate surface area is 125 Å². The lowest BCUT2D eigenvalue weighted by molar-refractivity contribution is -0.124. The van der Waals surface area contributed by atoms with E-state index in [1.165, 1.54) is 0 Å². The van der Waals surface area contributed by atoms with Crippen LogP contribution in [0.15, 0.2) is 24.3 Å². The Hall–Kier alpha value is -1.59. The van der Waals surface area contributed by atoms with Crippen LogP contribution in [-0.2, 0) is 16.0 Å². The Kier molecular flexibility index (Phi) is 4.72. The van der Waals surface area contributed by atoms with Gasteiger partial charge in [0.2, 0.25) is 0 Å². The number of hydrogen-bond acceptors (Lipinski definition) is 4. The standard InChI is InChI=1S/C16H22N2O3/c19-16-11-21-14-7-2-1-5-12(14)6-3-4-8-20-15-10-17-9-13(15)18-16/h1-2,5,7,13,15,17H,3-4,6,8-11H2,(H,18,19)/t13-,15+/m0/s1. The Bertz CT molecular complexity index is 492. The molecule has 5 nitrogen and oxygen atoms in total. The highest BCUT2D eigenvalue weighted by Crippen LogP contribution is 2.20. The molecule has 2 atom stereocenters. The third kappa shape index (κ3) is 3.74. The maximum atomic E-state index is 12.0. The van der Waals surface area contributed by atoms with Gasteiger partial charge in [-0.3, -0.25) is 4.79 Å². The van der Waals surface area contributed by atoms with E-state index < -0.39 is 0 Å². The van der Waals surface area contributed by atoms with Gasteiger partial charge >= 0.3 is 0 Å². The number of carbonyl (C=O) groups is 1. The van der Waals surface area contributed by atoms with Gasteiger partial charge in [0.25, 0.3) is 5.91 Å². The lowest BCUT2D eigenvalue weighted by atomic mass is 10.1.